The molecule has 0 fully saturated rings. The Kier molecular flexibility index (Phi) is 8.27. The number of carboxylic acids is 1. The van der Waals surface area contributed by atoms with Gasteiger partial charge in [0, 0.05) is 5.02 Å². The molecule has 3 aromatic carbocycles. The first kappa shape index (κ1) is 23.8. The van der Waals surface area contributed by atoms with Crippen LogP contribution in [0.4, 0.5) is 0 Å². The number of carbonyl (C=O) groups is 1. The molecule has 168 valence electrons. The Labute approximate surface area is 192 Å². The highest BCUT2D eigenvalue weighted by Gasteiger charge is 2.18. The SMILES string of the molecule is O=C(O)CNCCCC(Oc1ccc(S(=O)(=O)c2ccc(Cl)cc2)cc1)c1ccccc1. The Morgan fingerprint density at radius 1 is 0.938 bits per heavy atom. The molecule has 0 aliphatic carbocycles. The van der Waals surface area contributed by atoms with Crippen molar-refractivity contribution in [3.8, 4) is 5.75 Å². The summed E-state index contributed by atoms with van der Waals surface area (Å²) in [6.07, 6.45) is 1.14. The van der Waals surface area contributed by atoms with E-state index in [4.69, 9.17) is 21.4 Å². The van der Waals surface area contributed by atoms with Crippen LogP contribution in [0.5, 0.6) is 5.75 Å². The van der Waals surface area contributed by atoms with Crippen molar-refractivity contribution in [1.82, 2.24) is 5.32 Å². The summed E-state index contributed by atoms with van der Waals surface area (Å²) in [5, 5.41) is 12.1. The van der Waals surface area contributed by atoms with Crippen LogP contribution in [0.1, 0.15) is 24.5 Å². The summed E-state index contributed by atoms with van der Waals surface area (Å²) >= 11 is 5.85. The first-order valence-corrected chi connectivity index (χ1v) is 12.0. The highest BCUT2D eigenvalue weighted by atomic mass is 35.5. The third-order valence-electron chi connectivity index (χ3n) is 4.80. The number of carboxylic acid groups (broad SMARTS) is 1. The summed E-state index contributed by atoms with van der Waals surface area (Å²) in [5.74, 6) is -0.345. The molecule has 0 aromatic heterocycles. The van der Waals surface area contributed by atoms with Gasteiger partial charge >= 0.3 is 5.97 Å². The van der Waals surface area contributed by atoms with Gasteiger partial charge in [-0.25, -0.2) is 8.42 Å². The first-order valence-electron chi connectivity index (χ1n) is 10.1. The molecule has 0 amide bonds. The standard InChI is InChI=1S/C24H24ClNO5S/c25-19-8-12-21(13-9-19)32(29,30)22-14-10-20(11-15-22)31-23(18-5-2-1-3-6-18)7-4-16-26-17-24(27)28/h1-3,5-6,8-15,23,26H,4,7,16-17H2,(H,27,28). The molecule has 3 rings (SSSR count). The molecule has 32 heavy (non-hydrogen) atoms. The number of benzene rings is 3. The van der Waals surface area contributed by atoms with E-state index < -0.39 is 15.8 Å². The summed E-state index contributed by atoms with van der Waals surface area (Å²) < 4.78 is 31.8. The number of halogens is 1. The number of aliphatic carboxylic acids is 1. The minimum absolute atomic E-state index is 0.0829. The molecule has 0 heterocycles. The van der Waals surface area contributed by atoms with Gasteiger partial charge in [-0.1, -0.05) is 41.9 Å². The number of sulfone groups is 1. The molecule has 0 saturated heterocycles. The normalized spacial score (nSPS) is 12.3. The van der Waals surface area contributed by atoms with Gasteiger partial charge in [-0.05, 0) is 73.5 Å². The lowest BCUT2D eigenvalue weighted by molar-refractivity contribution is -0.135. The smallest absolute Gasteiger partial charge is 0.317 e. The predicted octanol–water partition coefficient (Wildman–Crippen LogP) is 4.75. The summed E-state index contributed by atoms with van der Waals surface area (Å²) in [7, 11) is -3.65. The summed E-state index contributed by atoms with van der Waals surface area (Å²) in [5.41, 5.74) is 0.989. The largest absolute Gasteiger partial charge is 0.486 e. The van der Waals surface area contributed by atoms with Crippen molar-refractivity contribution in [2.24, 2.45) is 0 Å². The number of rotatable bonds is 11. The van der Waals surface area contributed by atoms with Crippen molar-refractivity contribution in [2.75, 3.05) is 13.1 Å². The molecule has 6 nitrogen and oxygen atoms in total. The minimum atomic E-state index is -3.65. The number of hydrogen-bond acceptors (Lipinski definition) is 5. The molecular weight excluding hydrogens is 450 g/mol. The van der Waals surface area contributed by atoms with E-state index in [0.717, 1.165) is 12.0 Å². The minimum Gasteiger partial charge on any atom is -0.486 e. The zero-order valence-electron chi connectivity index (χ0n) is 17.3. The zero-order chi connectivity index (χ0) is 23.0. The Balaban J connectivity index is 1.71. The van der Waals surface area contributed by atoms with E-state index in [9.17, 15) is 13.2 Å². The molecule has 1 unspecified atom stereocenters. The highest BCUT2D eigenvalue weighted by molar-refractivity contribution is 7.91. The molecule has 3 aromatic rings. The Hall–Kier alpha value is -2.87. The Morgan fingerprint density at radius 2 is 1.53 bits per heavy atom. The van der Waals surface area contributed by atoms with Crippen LogP contribution in [0.15, 0.2) is 88.7 Å². The second-order valence-corrected chi connectivity index (χ2v) is 9.54. The van der Waals surface area contributed by atoms with Gasteiger partial charge in [0.25, 0.3) is 0 Å². The van der Waals surface area contributed by atoms with Gasteiger partial charge in [0.2, 0.25) is 9.84 Å². The van der Waals surface area contributed by atoms with E-state index in [1.54, 1.807) is 24.3 Å². The van der Waals surface area contributed by atoms with Gasteiger partial charge < -0.3 is 15.2 Å². The van der Waals surface area contributed by atoms with Crippen LogP contribution < -0.4 is 10.1 Å². The Morgan fingerprint density at radius 3 is 2.12 bits per heavy atom. The lowest BCUT2D eigenvalue weighted by atomic mass is 10.0. The second-order valence-electron chi connectivity index (χ2n) is 7.16. The van der Waals surface area contributed by atoms with Crippen LogP contribution in [0, 0.1) is 0 Å². The topological polar surface area (TPSA) is 92.7 Å². The van der Waals surface area contributed by atoms with Crippen molar-refractivity contribution in [3.05, 3.63) is 89.4 Å². The van der Waals surface area contributed by atoms with Gasteiger partial charge in [0.1, 0.15) is 11.9 Å². The van der Waals surface area contributed by atoms with Crippen molar-refractivity contribution in [2.45, 2.75) is 28.7 Å². The van der Waals surface area contributed by atoms with Crippen LogP contribution in [-0.2, 0) is 14.6 Å². The monoisotopic (exact) mass is 473 g/mol. The molecule has 0 spiro atoms. The molecule has 0 aliphatic rings. The van der Waals surface area contributed by atoms with Gasteiger partial charge in [-0.3, -0.25) is 4.79 Å². The molecule has 0 radical (unpaired) electrons. The van der Waals surface area contributed by atoms with Crippen molar-refractivity contribution in [3.63, 3.8) is 0 Å². The van der Waals surface area contributed by atoms with E-state index in [2.05, 4.69) is 5.32 Å². The van der Waals surface area contributed by atoms with E-state index in [0.29, 0.717) is 23.7 Å². The molecule has 0 bridgehead atoms. The summed E-state index contributed by atoms with van der Waals surface area (Å²) in [4.78, 5) is 11.0. The molecule has 2 N–H and O–H groups in total. The van der Waals surface area contributed by atoms with E-state index in [-0.39, 0.29) is 22.4 Å². The van der Waals surface area contributed by atoms with Crippen molar-refractivity contribution >= 4 is 27.4 Å². The maximum atomic E-state index is 12.8. The summed E-state index contributed by atoms with van der Waals surface area (Å²) in [6, 6.07) is 22.1. The van der Waals surface area contributed by atoms with Crippen LogP contribution >= 0.6 is 11.6 Å². The Bertz CT molecular complexity index is 1120. The third-order valence-corrected chi connectivity index (χ3v) is 6.84. The predicted molar refractivity (Wildman–Crippen MR) is 123 cm³/mol. The molecule has 1 atom stereocenters. The number of ether oxygens (including phenoxy) is 1. The third kappa shape index (κ3) is 6.56. The maximum Gasteiger partial charge on any atom is 0.317 e. The molecule has 0 aliphatic heterocycles. The quantitative estimate of drug-likeness (QED) is 0.390. The molecular formula is C24H24ClNO5S. The van der Waals surface area contributed by atoms with Crippen LogP contribution in [0.3, 0.4) is 0 Å². The highest BCUT2D eigenvalue weighted by Crippen LogP contribution is 2.28. The van der Waals surface area contributed by atoms with Gasteiger partial charge in [0.05, 0.1) is 16.3 Å². The number of nitrogens with one attached hydrogen (secondary N) is 1. The molecule has 0 saturated carbocycles. The fraction of sp³-hybridized carbons (Fsp3) is 0.208. The number of hydrogen-bond donors (Lipinski definition) is 2. The van der Waals surface area contributed by atoms with Gasteiger partial charge in [-0.15, -0.1) is 0 Å². The average molecular weight is 474 g/mol. The summed E-state index contributed by atoms with van der Waals surface area (Å²) in [6.45, 7) is 0.470. The average Bonchev–Trinajstić information content (AvgIpc) is 2.79. The van der Waals surface area contributed by atoms with E-state index in [1.165, 1.54) is 24.3 Å². The molecule has 8 heteroatoms. The van der Waals surface area contributed by atoms with Gasteiger partial charge in [-0.2, -0.15) is 0 Å². The maximum absolute atomic E-state index is 12.8. The lowest BCUT2D eigenvalue weighted by Gasteiger charge is -2.20. The van der Waals surface area contributed by atoms with E-state index in [1.807, 2.05) is 30.3 Å². The first-order chi connectivity index (χ1) is 15.4. The van der Waals surface area contributed by atoms with Crippen LogP contribution in [0.25, 0.3) is 0 Å². The van der Waals surface area contributed by atoms with Crippen molar-refractivity contribution < 1.29 is 23.1 Å². The van der Waals surface area contributed by atoms with E-state index >= 15 is 0 Å². The van der Waals surface area contributed by atoms with Crippen LogP contribution in [-0.4, -0.2) is 32.6 Å². The fourth-order valence-electron chi connectivity index (χ4n) is 3.18. The zero-order valence-corrected chi connectivity index (χ0v) is 18.9. The van der Waals surface area contributed by atoms with Gasteiger partial charge in [0.15, 0.2) is 0 Å². The fourth-order valence-corrected chi connectivity index (χ4v) is 4.57. The van der Waals surface area contributed by atoms with Crippen molar-refractivity contribution in [1.29, 1.82) is 0 Å². The second kappa shape index (κ2) is 11.1. The van der Waals surface area contributed by atoms with Crippen LogP contribution in [0.2, 0.25) is 5.02 Å². The lowest BCUT2D eigenvalue weighted by Crippen LogP contribution is -2.24.